The van der Waals surface area contributed by atoms with Gasteiger partial charge in [-0.2, -0.15) is 0 Å². The standard InChI is InChI=1S/C23H34O5.C6H14N2O2/c1-2-3-4-7-17(24)9-10-18-19-11-15-6-5-8-22(28-14-23(26)27)20(15)12-16(19)13-21(18)25;7-4-2-1-3-5(8)6(9)10/h5-6,8,16-19,21,24-25H,2-4,7,9-14H2,1H3,(H,26,27);5H,1-4,7-8H2,(H,9,10)/t16-,17-,18+,19-,21+;5-/m00/s1. The maximum Gasteiger partial charge on any atom is 0.320 e. The number of rotatable bonds is 15. The highest BCUT2D eigenvalue weighted by atomic mass is 16.5. The fourth-order valence-electron chi connectivity index (χ4n) is 5.90. The second-order valence-corrected chi connectivity index (χ2v) is 10.9. The van der Waals surface area contributed by atoms with Crippen LogP contribution in [-0.4, -0.2) is 58.7 Å². The van der Waals surface area contributed by atoms with E-state index in [4.69, 9.17) is 15.6 Å². The zero-order chi connectivity index (χ0) is 28.1. The summed E-state index contributed by atoms with van der Waals surface area (Å²) in [4.78, 5) is 20.9. The van der Waals surface area contributed by atoms with Crippen molar-refractivity contribution in [1.29, 1.82) is 0 Å². The number of aliphatic hydroxyl groups is 2. The van der Waals surface area contributed by atoms with Gasteiger partial charge in [-0.05, 0) is 92.7 Å². The minimum atomic E-state index is -1.22. The van der Waals surface area contributed by atoms with Crippen molar-refractivity contribution in [3.05, 3.63) is 29.3 Å². The lowest BCUT2D eigenvalue weighted by Crippen LogP contribution is -2.50. The number of nitrogens with two attached hydrogens (primary N) is 1. The summed E-state index contributed by atoms with van der Waals surface area (Å²) in [6, 6.07) is 5.12. The largest absolute Gasteiger partial charge is 0.546 e. The Morgan fingerprint density at radius 3 is 2.55 bits per heavy atom. The van der Waals surface area contributed by atoms with Crippen LogP contribution in [0.1, 0.15) is 82.3 Å². The van der Waals surface area contributed by atoms with Gasteiger partial charge in [0.2, 0.25) is 0 Å². The van der Waals surface area contributed by atoms with Gasteiger partial charge >= 0.3 is 5.97 Å². The van der Waals surface area contributed by atoms with Crippen LogP contribution in [0.2, 0.25) is 0 Å². The smallest absolute Gasteiger partial charge is 0.320 e. The molecule has 0 heterocycles. The minimum absolute atomic E-state index is 0.228. The van der Waals surface area contributed by atoms with E-state index in [1.54, 1.807) is 0 Å². The van der Waals surface area contributed by atoms with Crippen molar-refractivity contribution >= 4 is 11.9 Å². The highest BCUT2D eigenvalue weighted by molar-refractivity contribution is 5.72. The molecule has 0 saturated heterocycles. The molecule has 1 saturated carbocycles. The first-order chi connectivity index (χ1) is 18.2. The number of carboxylic acid groups (broad SMARTS) is 2. The maximum atomic E-state index is 10.7. The molecule has 0 amide bonds. The molecule has 1 fully saturated rings. The SMILES string of the molecule is CCCCC[C@H](O)CC[C@@H]1[C@H]2Cc3cccc(OCC(=O)[O-])c3C[C@H]2C[C@H]1O.N[C@@H](CCCC[NH3+])C(=O)O. The van der Waals surface area contributed by atoms with Crippen LogP contribution >= 0.6 is 0 Å². The Kier molecular flexibility index (Phi) is 14.1. The van der Waals surface area contributed by atoms with Gasteiger partial charge in [0, 0.05) is 0 Å². The van der Waals surface area contributed by atoms with Crippen LogP contribution in [-0.2, 0) is 22.4 Å². The summed E-state index contributed by atoms with van der Waals surface area (Å²) in [6.07, 6.45) is 10.1. The molecule has 2 aliphatic rings. The van der Waals surface area contributed by atoms with Gasteiger partial charge in [0.15, 0.2) is 0 Å². The molecule has 0 aromatic heterocycles. The number of benzene rings is 1. The zero-order valence-electron chi connectivity index (χ0n) is 22.9. The first kappa shape index (κ1) is 32.0. The molecule has 2 aliphatic carbocycles. The third-order valence-corrected chi connectivity index (χ3v) is 8.00. The van der Waals surface area contributed by atoms with Crippen molar-refractivity contribution in [2.75, 3.05) is 13.2 Å². The average Bonchev–Trinajstić information content (AvgIpc) is 3.19. The van der Waals surface area contributed by atoms with E-state index < -0.39 is 24.6 Å². The maximum absolute atomic E-state index is 10.7. The van der Waals surface area contributed by atoms with E-state index in [9.17, 15) is 24.9 Å². The molecule has 0 bridgehead atoms. The third kappa shape index (κ3) is 10.2. The van der Waals surface area contributed by atoms with E-state index in [0.29, 0.717) is 24.0 Å². The number of aliphatic hydroxyl groups excluding tert-OH is 2. The lowest BCUT2D eigenvalue weighted by molar-refractivity contribution is -0.368. The Balaban J connectivity index is 0.000000432. The van der Waals surface area contributed by atoms with Crippen molar-refractivity contribution in [1.82, 2.24) is 0 Å². The topological polar surface area (TPSA) is 181 Å². The molecular weight excluding hydrogens is 488 g/mol. The molecule has 38 heavy (non-hydrogen) atoms. The fraction of sp³-hybridized carbons (Fsp3) is 0.724. The minimum Gasteiger partial charge on any atom is -0.546 e. The number of ether oxygens (including phenoxy) is 1. The van der Waals surface area contributed by atoms with Crippen molar-refractivity contribution < 1.29 is 40.5 Å². The number of hydrogen-bond acceptors (Lipinski definition) is 7. The van der Waals surface area contributed by atoms with Crippen molar-refractivity contribution in [3.63, 3.8) is 0 Å². The van der Waals surface area contributed by atoms with E-state index in [0.717, 1.165) is 82.7 Å². The first-order valence-corrected chi connectivity index (χ1v) is 14.2. The number of aliphatic carboxylic acids is 2. The Labute approximate surface area is 226 Å². The molecule has 0 unspecified atom stereocenters. The fourth-order valence-corrected chi connectivity index (χ4v) is 5.90. The van der Waals surface area contributed by atoms with Crippen LogP contribution in [0.3, 0.4) is 0 Å². The molecule has 0 spiro atoms. The lowest BCUT2D eigenvalue weighted by Gasteiger charge is -2.32. The molecular formula is C29H48N2O7. The van der Waals surface area contributed by atoms with Gasteiger partial charge < -0.3 is 41.4 Å². The van der Waals surface area contributed by atoms with Gasteiger partial charge in [0.25, 0.3) is 0 Å². The Bertz CT molecular complexity index is 865. The summed E-state index contributed by atoms with van der Waals surface area (Å²) in [5.41, 5.74) is 11.2. The average molecular weight is 537 g/mol. The van der Waals surface area contributed by atoms with Gasteiger partial charge in [0.1, 0.15) is 18.4 Å². The molecule has 6 atom stereocenters. The number of quaternary nitrogens is 1. The van der Waals surface area contributed by atoms with Crippen molar-refractivity contribution in [3.8, 4) is 5.75 Å². The van der Waals surface area contributed by atoms with Crippen molar-refractivity contribution in [2.45, 2.75) is 102 Å². The van der Waals surface area contributed by atoms with Crippen LogP contribution in [0, 0.1) is 17.8 Å². The van der Waals surface area contributed by atoms with Gasteiger partial charge in [-0.15, -0.1) is 0 Å². The predicted octanol–water partition coefficient (Wildman–Crippen LogP) is 1.06. The summed E-state index contributed by atoms with van der Waals surface area (Å²) in [7, 11) is 0. The van der Waals surface area contributed by atoms with E-state index in [2.05, 4.69) is 18.7 Å². The van der Waals surface area contributed by atoms with Gasteiger partial charge in [-0.1, -0.05) is 38.3 Å². The molecule has 1 aromatic carbocycles. The van der Waals surface area contributed by atoms with E-state index in [1.807, 2.05) is 12.1 Å². The lowest BCUT2D eigenvalue weighted by atomic mass is 9.73. The highest BCUT2D eigenvalue weighted by Crippen LogP contribution is 2.48. The summed E-state index contributed by atoms with van der Waals surface area (Å²) in [5, 5.41) is 40.0. The molecule has 3 rings (SSSR count). The normalized spacial score (nSPS) is 23.4. The number of carbonyl (C=O) groups is 2. The Morgan fingerprint density at radius 1 is 1.16 bits per heavy atom. The second-order valence-electron chi connectivity index (χ2n) is 10.9. The molecule has 8 N–H and O–H groups in total. The molecule has 0 aliphatic heterocycles. The second kappa shape index (κ2) is 16.7. The third-order valence-electron chi connectivity index (χ3n) is 8.00. The zero-order valence-corrected chi connectivity index (χ0v) is 22.9. The number of hydrogen-bond donors (Lipinski definition) is 5. The molecule has 9 heteroatoms. The molecule has 9 nitrogen and oxygen atoms in total. The molecule has 0 radical (unpaired) electrons. The number of carboxylic acids is 2. The van der Waals surface area contributed by atoms with Gasteiger partial charge in [-0.3, -0.25) is 4.79 Å². The predicted molar refractivity (Wildman–Crippen MR) is 142 cm³/mol. The molecule has 1 aromatic rings. The van der Waals surface area contributed by atoms with E-state index in [-0.39, 0.29) is 18.1 Å². The highest BCUT2D eigenvalue weighted by Gasteiger charge is 2.44. The Hall–Kier alpha value is -2.20. The number of carbonyl (C=O) groups excluding carboxylic acids is 1. The van der Waals surface area contributed by atoms with E-state index in [1.165, 1.54) is 5.56 Å². The summed E-state index contributed by atoms with van der Waals surface area (Å²) in [6.45, 7) is 2.58. The van der Waals surface area contributed by atoms with Crippen LogP contribution in [0.4, 0.5) is 0 Å². The monoisotopic (exact) mass is 536 g/mol. The number of fused-ring (bicyclic) bond motifs is 2. The van der Waals surface area contributed by atoms with E-state index >= 15 is 0 Å². The quantitative estimate of drug-likeness (QED) is 0.206. The first-order valence-electron chi connectivity index (χ1n) is 14.2. The molecule has 216 valence electrons. The van der Waals surface area contributed by atoms with Crippen LogP contribution < -0.4 is 21.3 Å². The van der Waals surface area contributed by atoms with Crippen LogP contribution in [0.15, 0.2) is 18.2 Å². The number of unbranched alkanes of at least 4 members (excludes halogenated alkanes) is 3. The summed E-state index contributed by atoms with van der Waals surface area (Å²) >= 11 is 0. The van der Waals surface area contributed by atoms with Gasteiger partial charge in [-0.25, -0.2) is 0 Å². The van der Waals surface area contributed by atoms with Crippen LogP contribution in [0.25, 0.3) is 0 Å². The van der Waals surface area contributed by atoms with Crippen molar-refractivity contribution in [2.24, 2.45) is 23.5 Å². The van der Waals surface area contributed by atoms with Crippen LogP contribution in [0.5, 0.6) is 5.75 Å². The Morgan fingerprint density at radius 2 is 1.89 bits per heavy atom. The summed E-state index contributed by atoms with van der Waals surface area (Å²) < 4.78 is 5.44. The van der Waals surface area contributed by atoms with Gasteiger partial charge in [0.05, 0.1) is 24.7 Å². The summed E-state index contributed by atoms with van der Waals surface area (Å²) in [5.74, 6) is -0.473.